The van der Waals surface area contributed by atoms with Crippen LogP contribution in [0.2, 0.25) is 0 Å². The maximum Gasteiger partial charge on any atom is 0.254 e. The van der Waals surface area contributed by atoms with E-state index in [9.17, 15) is 14.3 Å². The number of hydrogen-bond donors (Lipinski definition) is 3. The van der Waals surface area contributed by atoms with E-state index in [1.807, 2.05) is 60.4 Å². The van der Waals surface area contributed by atoms with Crippen LogP contribution in [-0.4, -0.2) is 60.3 Å². The molecule has 2 saturated heterocycles. The van der Waals surface area contributed by atoms with E-state index < -0.39 is 10.6 Å². The third kappa shape index (κ3) is 5.77. The molecule has 2 heterocycles. The highest BCUT2D eigenvalue weighted by molar-refractivity contribution is 7.73. The van der Waals surface area contributed by atoms with Gasteiger partial charge in [-0.2, -0.15) is 5.26 Å². The van der Waals surface area contributed by atoms with Crippen molar-refractivity contribution >= 4 is 33.6 Å². The Balaban J connectivity index is 1.23. The van der Waals surface area contributed by atoms with E-state index in [-0.39, 0.29) is 5.91 Å². The van der Waals surface area contributed by atoms with Gasteiger partial charge in [-0.1, -0.05) is 30.3 Å². The van der Waals surface area contributed by atoms with Crippen molar-refractivity contribution in [2.24, 2.45) is 0 Å². The molecule has 0 aliphatic carbocycles. The Kier molecular flexibility index (Phi) is 8.27. The smallest absolute Gasteiger partial charge is 0.254 e. The van der Waals surface area contributed by atoms with Gasteiger partial charge in [-0.3, -0.25) is 9.57 Å². The van der Waals surface area contributed by atoms with E-state index in [0.29, 0.717) is 42.7 Å². The number of hydrogen-bond acceptors (Lipinski definition) is 7. The second kappa shape index (κ2) is 12.0. The lowest BCUT2D eigenvalue weighted by Gasteiger charge is -2.37. The summed E-state index contributed by atoms with van der Waals surface area (Å²) in [4.78, 5) is 20.5. The number of anilines is 3. The molecule has 40 heavy (non-hydrogen) atoms. The third-order valence-electron chi connectivity index (χ3n) is 8.03. The average molecular weight is 557 g/mol. The van der Waals surface area contributed by atoms with Gasteiger partial charge >= 0.3 is 0 Å². The Morgan fingerprint density at radius 3 is 2.20 bits per heavy atom. The van der Waals surface area contributed by atoms with Crippen LogP contribution in [0.1, 0.15) is 39.9 Å². The fraction of sp³-hybridized carbons (Fsp3) is 0.355. The fourth-order valence-corrected chi connectivity index (χ4v) is 6.44. The van der Waals surface area contributed by atoms with Crippen LogP contribution in [0.25, 0.3) is 0 Å². The number of nitrogens with zero attached hydrogens (tertiary/aromatic N) is 4. The van der Waals surface area contributed by atoms with Crippen molar-refractivity contribution in [1.29, 1.82) is 10.0 Å². The van der Waals surface area contributed by atoms with Gasteiger partial charge in [0.1, 0.15) is 6.07 Å². The summed E-state index contributed by atoms with van der Waals surface area (Å²) in [5.41, 5.74) is 6.34. The molecule has 0 aromatic heterocycles. The Hall–Kier alpha value is -4.03. The zero-order chi connectivity index (χ0) is 28.2. The molecule has 2 aliphatic rings. The van der Waals surface area contributed by atoms with Crippen LogP contribution in [0.5, 0.6) is 0 Å². The summed E-state index contributed by atoms with van der Waals surface area (Å²) < 4.78 is 19.6. The number of rotatable bonds is 6. The molecule has 2 N–H and O–H groups in total. The van der Waals surface area contributed by atoms with E-state index in [1.54, 1.807) is 6.07 Å². The monoisotopic (exact) mass is 556 g/mol. The first-order valence-electron chi connectivity index (χ1n) is 13.8. The van der Waals surface area contributed by atoms with Crippen molar-refractivity contribution in [2.45, 2.75) is 37.6 Å². The first-order chi connectivity index (χ1) is 19.4. The maximum absolute atomic E-state index is 13.6. The molecule has 1 amide bonds. The Bertz CT molecular complexity index is 1500. The molecule has 1 unspecified atom stereocenters. The molecule has 0 bridgehead atoms. The minimum absolute atomic E-state index is 0.0305. The SMILES string of the molecule is Cc1cc(C)c(C(=O)N2CCN(c3ccccc3[SH](=N)=O)CC2)cc1NC1CCN(c2ccccc2C#N)CC1. The van der Waals surface area contributed by atoms with Gasteiger partial charge in [0.2, 0.25) is 0 Å². The van der Waals surface area contributed by atoms with Gasteiger partial charge in [0.25, 0.3) is 5.91 Å². The summed E-state index contributed by atoms with van der Waals surface area (Å²) >= 11 is 0. The molecular formula is C31H36N6O2S. The molecule has 2 fully saturated rings. The van der Waals surface area contributed by atoms with Crippen LogP contribution >= 0.6 is 0 Å². The Labute approximate surface area is 238 Å². The maximum atomic E-state index is 13.6. The molecule has 3 aromatic carbocycles. The van der Waals surface area contributed by atoms with Crippen molar-refractivity contribution < 1.29 is 9.00 Å². The lowest BCUT2D eigenvalue weighted by atomic mass is 9.99. The number of carbonyl (C=O) groups is 1. The van der Waals surface area contributed by atoms with Crippen LogP contribution in [0, 0.1) is 30.0 Å². The van der Waals surface area contributed by atoms with Crippen molar-refractivity contribution in [2.75, 3.05) is 54.4 Å². The van der Waals surface area contributed by atoms with Crippen LogP contribution in [0.4, 0.5) is 17.1 Å². The third-order valence-corrected chi connectivity index (χ3v) is 8.85. The number of nitriles is 1. The van der Waals surface area contributed by atoms with Crippen molar-refractivity contribution in [1.82, 2.24) is 4.90 Å². The average Bonchev–Trinajstić information content (AvgIpc) is 2.98. The van der Waals surface area contributed by atoms with Crippen LogP contribution < -0.4 is 15.1 Å². The molecule has 208 valence electrons. The van der Waals surface area contributed by atoms with Crippen molar-refractivity contribution in [3.63, 3.8) is 0 Å². The molecule has 2 aliphatic heterocycles. The molecule has 1 atom stereocenters. The molecule has 0 spiro atoms. The predicted octanol–water partition coefficient (Wildman–Crippen LogP) is 4.82. The van der Waals surface area contributed by atoms with Gasteiger partial charge in [0, 0.05) is 56.6 Å². The highest BCUT2D eigenvalue weighted by atomic mass is 32.2. The molecule has 9 heteroatoms. The highest BCUT2D eigenvalue weighted by Crippen LogP contribution is 2.29. The molecule has 3 aromatic rings. The zero-order valence-corrected chi connectivity index (χ0v) is 24.0. The van der Waals surface area contributed by atoms with Gasteiger partial charge < -0.3 is 20.0 Å². The van der Waals surface area contributed by atoms with E-state index in [2.05, 4.69) is 34.2 Å². The summed E-state index contributed by atoms with van der Waals surface area (Å²) in [5, 5.41) is 13.2. The number of carbonyl (C=O) groups excluding carboxylic acids is 1. The lowest BCUT2D eigenvalue weighted by Crippen LogP contribution is -2.49. The summed E-state index contributed by atoms with van der Waals surface area (Å²) in [5.74, 6) is 0.0305. The highest BCUT2D eigenvalue weighted by Gasteiger charge is 2.26. The van der Waals surface area contributed by atoms with E-state index in [1.165, 1.54) is 0 Å². The Morgan fingerprint density at radius 2 is 1.52 bits per heavy atom. The van der Waals surface area contributed by atoms with Gasteiger partial charge in [-0.05, 0) is 68.1 Å². The van der Waals surface area contributed by atoms with Crippen molar-refractivity contribution in [3.05, 3.63) is 82.9 Å². The standard InChI is InChI=1S/C31H36N6O2S/c1-22-19-23(2)27(34-25-11-13-35(14-12-25)28-8-4-3-7-24(28)21-32)20-26(22)31(38)37-17-15-36(16-18-37)29-9-5-6-10-30(29)40(33)39/h3-10,19-20,25,33-34,40H,11-18H2,1-2H3. The van der Waals surface area contributed by atoms with Crippen molar-refractivity contribution in [3.8, 4) is 6.07 Å². The number of benzene rings is 3. The molecule has 0 radical (unpaired) electrons. The number of amides is 1. The van der Waals surface area contributed by atoms with E-state index in [0.717, 1.165) is 59.7 Å². The number of aryl methyl sites for hydroxylation is 2. The predicted molar refractivity (Wildman–Crippen MR) is 161 cm³/mol. The minimum atomic E-state index is -2.18. The van der Waals surface area contributed by atoms with Gasteiger partial charge in [0.05, 0.1) is 32.4 Å². The number of para-hydroxylation sites is 2. The van der Waals surface area contributed by atoms with E-state index in [4.69, 9.17) is 4.78 Å². The summed E-state index contributed by atoms with van der Waals surface area (Å²) in [6.45, 7) is 8.22. The van der Waals surface area contributed by atoms with Gasteiger partial charge in [0.15, 0.2) is 0 Å². The topological polar surface area (TPSA) is 104 Å². The fourth-order valence-electron chi connectivity index (χ4n) is 5.79. The molecule has 0 saturated carbocycles. The lowest BCUT2D eigenvalue weighted by molar-refractivity contribution is 0.0746. The second-order valence-electron chi connectivity index (χ2n) is 10.6. The van der Waals surface area contributed by atoms with Gasteiger partial charge in [-0.25, -0.2) is 4.21 Å². The minimum Gasteiger partial charge on any atom is -0.382 e. The quantitative estimate of drug-likeness (QED) is 0.376. The Morgan fingerprint density at radius 1 is 0.900 bits per heavy atom. The summed E-state index contributed by atoms with van der Waals surface area (Å²) in [7, 11) is -2.18. The van der Waals surface area contributed by atoms with E-state index >= 15 is 0 Å². The van der Waals surface area contributed by atoms with Crippen LogP contribution in [0.15, 0.2) is 65.6 Å². The second-order valence-corrected chi connectivity index (χ2v) is 11.6. The summed E-state index contributed by atoms with van der Waals surface area (Å²) in [6.07, 6.45) is 1.90. The van der Waals surface area contributed by atoms with Crippen LogP contribution in [0.3, 0.4) is 0 Å². The number of piperazine rings is 1. The first-order valence-corrected chi connectivity index (χ1v) is 15.0. The largest absolute Gasteiger partial charge is 0.382 e. The molecule has 5 rings (SSSR count). The number of thiol groups is 1. The number of piperidine rings is 1. The normalized spacial score (nSPS) is 16.9. The van der Waals surface area contributed by atoms with Gasteiger partial charge in [-0.15, -0.1) is 0 Å². The zero-order valence-electron chi connectivity index (χ0n) is 23.1. The molecular weight excluding hydrogens is 520 g/mol. The molecule has 8 nitrogen and oxygen atoms in total. The number of nitrogens with one attached hydrogen (secondary N) is 2. The first kappa shape index (κ1) is 27.5. The summed E-state index contributed by atoms with van der Waals surface area (Å²) in [6, 6.07) is 21.8. The van der Waals surface area contributed by atoms with Crippen LogP contribution in [-0.2, 0) is 10.6 Å².